The van der Waals surface area contributed by atoms with Crippen molar-refractivity contribution < 1.29 is 9.53 Å². The predicted octanol–water partition coefficient (Wildman–Crippen LogP) is 4.91. The van der Waals surface area contributed by atoms with Crippen LogP contribution in [0.15, 0.2) is 36.5 Å². The van der Waals surface area contributed by atoms with Crippen LogP contribution in [0.4, 0.5) is 0 Å². The van der Waals surface area contributed by atoms with E-state index < -0.39 is 0 Å². The topological polar surface area (TPSA) is 44.1 Å². The number of aryl methyl sites for hydroxylation is 4. The van der Waals surface area contributed by atoms with Gasteiger partial charge in [-0.3, -0.25) is 9.78 Å². The Morgan fingerprint density at radius 1 is 1.32 bits per heavy atom. The molecule has 1 atom stereocenters. The van der Waals surface area contributed by atoms with E-state index >= 15 is 0 Å². The SMILES string of the molecule is CCOC(=O)C1CCc2c(n(CCc3ccc(C)nc3)c3ccc(Cl)cc23)C1. The fourth-order valence-electron chi connectivity index (χ4n) is 4.22. The minimum atomic E-state index is -0.0780. The molecule has 0 aliphatic heterocycles. The van der Waals surface area contributed by atoms with Crippen LogP contribution in [-0.2, 0) is 35.3 Å². The standard InChI is InChI=1S/C23H25ClN2O2/c1-3-28-23(27)17-6-8-19-20-13-18(24)7-9-21(20)26(22(19)12-17)11-10-16-5-4-15(2)25-14-16/h4-5,7,9,13-14,17H,3,6,8,10-12H2,1-2H3. The quantitative estimate of drug-likeness (QED) is 0.575. The zero-order valence-electron chi connectivity index (χ0n) is 16.4. The summed E-state index contributed by atoms with van der Waals surface area (Å²) in [6, 6.07) is 10.3. The molecule has 28 heavy (non-hydrogen) atoms. The van der Waals surface area contributed by atoms with Gasteiger partial charge in [0.15, 0.2) is 0 Å². The monoisotopic (exact) mass is 396 g/mol. The van der Waals surface area contributed by atoms with Crippen molar-refractivity contribution in [3.05, 3.63) is 64.1 Å². The third-order valence-corrected chi connectivity index (χ3v) is 5.88. The molecule has 0 fully saturated rings. The van der Waals surface area contributed by atoms with Crippen LogP contribution < -0.4 is 0 Å². The van der Waals surface area contributed by atoms with Crippen molar-refractivity contribution in [3.8, 4) is 0 Å². The maximum atomic E-state index is 12.3. The van der Waals surface area contributed by atoms with Crippen LogP contribution >= 0.6 is 11.6 Å². The Morgan fingerprint density at radius 3 is 2.93 bits per heavy atom. The first-order valence-corrected chi connectivity index (χ1v) is 10.3. The molecule has 0 spiro atoms. The van der Waals surface area contributed by atoms with Crippen molar-refractivity contribution in [3.63, 3.8) is 0 Å². The smallest absolute Gasteiger partial charge is 0.309 e. The summed E-state index contributed by atoms with van der Waals surface area (Å²) in [4.78, 5) is 16.7. The Balaban J connectivity index is 1.69. The number of carbonyl (C=O) groups is 1. The van der Waals surface area contributed by atoms with Gasteiger partial charge < -0.3 is 9.30 Å². The lowest BCUT2D eigenvalue weighted by Gasteiger charge is -2.23. The summed E-state index contributed by atoms with van der Waals surface area (Å²) < 4.78 is 7.66. The van der Waals surface area contributed by atoms with Crippen molar-refractivity contribution in [2.45, 2.75) is 46.1 Å². The van der Waals surface area contributed by atoms with E-state index in [0.29, 0.717) is 6.61 Å². The Hall–Kier alpha value is -2.33. The molecule has 0 radical (unpaired) electrons. The minimum absolute atomic E-state index is 0.0629. The average Bonchev–Trinajstić information content (AvgIpc) is 3.00. The Labute approximate surface area is 170 Å². The maximum absolute atomic E-state index is 12.3. The summed E-state index contributed by atoms with van der Waals surface area (Å²) in [6.07, 6.45) is 5.29. The molecule has 1 aliphatic carbocycles. The fourth-order valence-corrected chi connectivity index (χ4v) is 4.39. The molecule has 0 saturated carbocycles. The summed E-state index contributed by atoms with van der Waals surface area (Å²) in [5.41, 5.74) is 6.02. The molecule has 2 aromatic heterocycles. The molecule has 0 saturated heterocycles. The van der Waals surface area contributed by atoms with Crippen molar-refractivity contribution in [2.75, 3.05) is 6.61 Å². The number of aromatic nitrogens is 2. The van der Waals surface area contributed by atoms with Crippen molar-refractivity contribution in [1.29, 1.82) is 0 Å². The predicted molar refractivity (Wildman–Crippen MR) is 112 cm³/mol. The number of hydrogen-bond donors (Lipinski definition) is 0. The van der Waals surface area contributed by atoms with Gasteiger partial charge in [-0.15, -0.1) is 0 Å². The second kappa shape index (κ2) is 7.96. The molecule has 3 aromatic rings. The van der Waals surface area contributed by atoms with E-state index in [-0.39, 0.29) is 11.9 Å². The van der Waals surface area contributed by atoms with Crippen molar-refractivity contribution in [2.24, 2.45) is 5.92 Å². The largest absolute Gasteiger partial charge is 0.466 e. The van der Waals surface area contributed by atoms with E-state index in [4.69, 9.17) is 16.3 Å². The van der Waals surface area contributed by atoms with E-state index in [9.17, 15) is 4.79 Å². The van der Waals surface area contributed by atoms with Gasteiger partial charge in [0.1, 0.15) is 0 Å². The lowest BCUT2D eigenvalue weighted by Crippen LogP contribution is -2.26. The van der Waals surface area contributed by atoms with Crippen molar-refractivity contribution >= 4 is 28.5 Å². The van der Waals surface area contributed by atoms with Gasteiger partial charge in [-0.1, -0.05) is 17.7 Å². The summed E-state index contributed by atoms with van der Waals surface area (Å²) in [5, 5.41) is 1.97. The first kappa shape index (κ1) is 19.0. The second-order valence-corrected chi connectivity index (χ2v) is 7.92. The second-order valence-electron chi connectivity index (χ2n) is 7.49. The summed E-state index contributed by atoms with van der Waals surface area (Å²) >= 11 is 6.29. The highest BCUT2D eigenvalue weighted by Gasteiger charge is 2.30. The third kappa shape index (κ3) is 3.66. The number of pyridine rings is 1. The molecule has 1 aromatic carbocycles. The van der Waals surface area contributed by atoms with E-state index in [1.807, 2.05) is 26.1 Å². The average molecular weight is 397 g/mol. The molecule has 4 rings (SSSR count). The van der Waals surface area contributed by atoms with E-state index in [0.717, 1.165) is 42.9 Å². The highest BCUT2D eigenvalue weighted by Crippen LogP contribution is 2.36. The number of carbonyl (C=O) groups excluding carboxylic acids is 1. The van der Waals surface area contributed by atoms with Crippen LogP contribution in [-0.4, -0.2) is 22.1 Å². The van der Waals surface area contributed by atoms with Gasteiger partial charge in [0.25, 0.3) is 0 Å². The highest BCUT2D eigenvalue weighted by atomic mass is 35.5. The van der Waals surface area contributed by atoms with Gasteiger partial charge in [-0.05, 0) is 68.5 Å². The Bertz CT molecular complexity index is 1010. The lowest BCUT2D eigenvalue weighted by molar-refractivity contribution is -0.148. The van der Waals surface area contributed by atoms with Crippen LogP contribution in [0.25, 0.3) is 10.9 Å². The molecular weight excluding hydrogens is 372 g/mol. The first-order valence-electron chi connectivity index (χ1n) is 9.94. The lowest BCUT2D eigenvalue weighted by atomic mass is 9.87. The fraction of sp³-hybridized carbons (Fsp3) is 0.391. The van der Waals surface area contributed by atoms with Gasteiger partial charge >= 0.3 is 5.97 Å². The van der Waals surface area contributed by atoms with E-state index in [1.165, 1.54) is 27.7 Å². The molecule has 4 nitrogen and oxygen atoms in total. The number of nitrogens with zero attached hydrogens (tertiary/aromatic N) is 2. The van der Waals surface area contributed by atoms with Crippen LogP contribution in [0.5, 0.6) is 0 Å². The number of rotatable bonds is 5. The zero-order valence-corrected chi connectivity index (χ0v) is 17.1. The summed E-state index contributed by atoms with van der Waals surface area (Å²) in [5.74, 6) is -0.141. The Morgan fingerprint density at radius 2 is 2.18 bits per heavy atom. The number of esters is 1. The van der Waals surface area contributed by atoms with Gasteiger partial charge in [-0.25, -0.2) is 0 Å². The maximum Gasteiger partial charge on any atom is 0.309 e. The number of ether oxygens (including phenoxy) is 1. The number of benzene rings is 1. The molecular formula is C23H25ClN2O2. The van der Waals surface area contributed by atoms with Gasteiger partial charge in [0.05, 0.1) is 12.5 Å². The van der Waals surface area contributed by atoms with E-state index in [2.05, 4.69) is 33.8 Å². The molecule has 146 valence electrons. The van der Waals surface area contributed by atoms with Gasteiger partial charge in [-0.2, -0.15) is 0 Å². The summed E-state index contributed by atoms with van der Waals surface area (Å²) in [6.45, 7) is 5.15. The molecule has 0 N–H and O–H groups in total. The minimum Gasteiger partial charge on any atom is -0.466 e. The molecule has 1 aliphatic rings. The molecule has 2 heterocycles. The molecule has 0 amide bonds. The number of fused-ring (bicyclic) bond motifs is 3. The first-order chi connectivity index (χ1) is 13.6. The number of hydrogen-bond acceptors (Lipinski definition) is 3. The molecule has 1 unspecified atom stereocenters. The van der Waals surface area contributed by atoms with Crippen LogP contribution in [0.1, 0.15) is 35.9 Å². The summed E-state index contributed by atoms with van der Waals surface area (Å²) in [7, 11) is 0. The van der Waals surface area contributed by atoms with E-state index in [1.54, 1.807) is 0 Å². The van der Waals surface area contributed by atoms with Crippen LogP contribution in [0, 0.1) is 12.8 Å². The third-order valence-electron chi connectivity index (χ3n) is 5.65. The number of halogens is 1. The molecule has 5 heteroatoms. The van der Waals surface area contributed by atoms with Crippen LogP contribution in [0.2, 0.25) is 5.02 Å². The normalized spacial score (nSPS) is 16.2. The van der Waals surface area contributed by atoms with Crippen molar-refractivity contribution in [1.82, 2.24) is 9.55 Å². The highest BCUT2D eigenvalue weighted by molar-refractivity contribution is 6.31. The van der Waals surface area contributed by atoms with Gasteiger partial charge in [0.2, 0.25) is 0 Å². The molecule has 0 bridgehead atoms. The van der Waals surface area contributed by atoms with Crippen LogP contribution in [0.3, 0.4) is 0 Å². The zero-order chi connectivity index (χ0) is 19.7. The Kier molecular flexibility index (Phi) is 5.40. The van der Waals surface area contributed by atoms with Gasteiger partial charge in [0, 0.05) is 46.5 Å².